The molecule has 6 nitrogen and oxygen atoms in total. The standard InChI is InChI=1S/C20H23N3O3/c1-4-6-15-7-5-8-16(19(15)24)13-21-23-20(25)14(2)22-17-9-11-18(26-3)12-10-17/h4-5,7-14,22,24H,1,6H2,2-3H3,(H,23,25). The molecule has 0 heterocycles. The number of phenols is 1. The first-order valence-corrected chi connectivity index (χ1v) is 8.20. The zero-order valence-electron chi connectivity index (χ0n) is 14.9. The van der Waals surface area contributed by atoms with Crippen LogP contribution in [0.3, 0.4) is 0 Å². The molecule has 0 radical (unpaired) electrons. The Kier molecular flexibility index (Phi) is 6.79. The Labute approximate surface area is 153 Å². The van der Waals surface area contributed by atoms with E-state index in [1.807, 2.05) is 36.4 Å². The maximum Gasteiger partial charge on any atom is 0.262 e. The number of nitrogens with zero attached hydrogens (tertiary/aromatic N) is 1. The van der Waals surface area contributed by atoms with Crippen LogP contribution in [0.15, 0.2) is 60.2 Å². The number of rotatable bonds is 8. The highest BCUT2D eigenvalue weighted by molar-refractivity contribution is 5.88. The summed E-state index contributed by atoms with van der Waals surface area (Å²) in [5, 5.41) is 17.2. The molecule has 0 saturated heterocycles. The molecule has 2 aromatic carbocycles. The van der Waals surface area contributed by atoms with Crippen molar-refractivity contribution in [3.63, 3.8) is 0 Å². The van der Waals surface area contributed by atoms with Crippen LogP contribution in [0.5, 0.6) is 11.5 Å². The first-order chi connectivity index (χ1) is 12.5. The summed E-state index contributed by atoms with van der Waals surface area (Å²) in [4.78, 5) is 12.1. The number of phenolic OH excluding ortho intramolecular Hbond substituents is 1. The number of hydrogen-bond acceptors (Lipinski definition) is 5. The molecule has 0 aromatic heterocycles. The quantitative estimate of drug-likeness (QED) is 0.387. The number of hydrazone groups is 1. The zero-order valence-corrected chi connectivity index (χ0v) is 14.9. The molecule has 1 unspecified atom stereocenters. The molecule has 6 heteroatoms. The lowest BCUT2D eigenvalue weighted by molar-refractivity contribution is -0.121. The van der Waals surface area contributed by atoms with Crippen molar-refractivity contribution in [2.45, 2.75) is 19.4 Å². The molecule has 2 rings (SSSR count). The second-order valence-electron chi connectivity index (χ2n) is 5.68. The topological polar surface area (TPSA) is 83.0 Å². The summed E-state index contributed by atoms with van der Waals surface area (Å²) in [6.07, 6.45) is 3.69. The molecule has 1 atom stereocenters. The molecule has 0 fully saturated rings. The summed E-state index contributed by atoms with van der Waals surface area (Å²) >= 11 is 0. The lowest BCUT2D eigenvalue weighted by Gasteiger charge is -2.13. The van der Waals surface area contributed by atoms with E-state index in [0.29, 0.717) is 12.0 Å². The number of aromatic hydroxyl groups is 1. The van der Waals surface area contributed by atoms with E-state index in [-0.39, 0.29) is 11.7 Å². The molecule has 0 aliphatic rings. The Bertz CT molecular complexity index is 785. The molecule has 0 aliphatic heterocycles. The van der Waals surface area contributed by atoms with E-state index < -0.39 is 6.04 Å². The van der Waals surface area contributed by atoms with Gasteiger partial charge in [0, 0.05) is 11.3 Å². The van der Waals surface area contributed by atoms with Crippen molar-refractivity contribution in [1.29, 1.82) is 0 Å². The molecule has 0 saturated carbocycles. The van der Waals surface area contributed by atoms with Crippen molar-refractivity contribution in [1.82, 2.24) is 5.43 Å². The Morgan fingerprint density at radius 1 is 1.31 bits per heavy atom. The number of allylic oxidation sites excluding steroid dienone is 1. The number of benzene rings is 2. The van der Waals surface area contributed by atoms with E-state index in [4.69, 9.17) is 4.74 Å². The van der Waals surface area contributed by atoms with Gasteiger partial charge >= 0.3 is 0 Å². The first-order valence-electron chi connectivity index (χ1n) is 8.20. The molecule has 136 valence electrons. The van der Waals surface area contributed by atoms with Gasteiger partial charge in [0.2, 0.25) is 0 Å². The van der Waals surface area contributed by atoms with E-state index in [1.54, 1.807) is 26.2 Å². The molecule has 3 N–H and O–H groups in total. The van der Waals surface area contributed by atoms with Gasteiger partial charge < -0.3 is 15.2 Å². The minimum absolute atomic E-state index is 0.134. The van der Waals surface area contributed by atoms with Crippen LogP contribution in [0.1, 0.15) is 18.1 Å². The molecule has 2 aromatic rings. The van der Waals surface area contributed by atoms with E-state index in [9.17, 15) is 9.90 Å². The summed E-state index contributed by atoms with van der Waals surface area (Å²) in [5.41, 5.74) is 4.55. The van der Waals surface area contributed by atoms with Gasteiger partial charge in [0.05, 0.1) is 13.3 Å². The fourth-order valence-corrected chi connectivity index (χ4v) is 2.30. The number of hydrogen-bond donors (Lipinski definition) is 3. The van der Waals surface area contributed by atoms with Crippen LogP contribution in [0, 0.1) is 0 Å². The average molecular weight is 353 g/mol. The predicted octanol–water partition coefficient (Wildman–Crippen LogP) is 3.08. The highest BCUT2D eigenvalue weighted by Crippen LogP contribution is 2.21. The van der Waals surface area contributed by atoms with Crippen LogP contribution < -0.4 is 15.5 Å². The van der Waals surface area contributed by atoms with E-state index in [1.165, 1.54) is 6.21 Å². The van der Waals surface area contributed by atoms with Gasteiger partial charge in [0.25, 0.3) is 5.91 Å². The van der Waals surface area contributed by atoms with Gasteiger partial charge in [0.15, 0.2) is 0 Å². The largest absolute Gasteiger partial charge is 0.507 e. The van der Waals surface area contributed by atoms with Gasteiger partial charge in [-0.1, -0.05) is 18.2 Å². The third-order valence-electron chi connectivity index (χ3n) is 3.76. The Hall–Kier alpha value is -3.28. The van der Waals surface area contributed by atoms with Gasteiger partial charge in [-0.25, -0.2) is 5.43 Å². The van der Waals surface area contributed by atoms with Crippen LogP contribution in [0.2, 0.25) is 0 Å². The van der Waals surface area contributed by atoms with Crippen LogP contribution >= 0.6 is 0 Å². The average Bonchev–Trinajstić information content (AvgIpc) is 2.65. The van der Waals surface area contributed by atoms with E-state index in [2.05, 4.69) is 22.4 Å². The second-order valence-corrected chi connectivity index (χ2v) is 5.68. The molecule has 0 bridgehead atoms. The highest BCUT2D eigenvalue weighted by Gasteiger charge is 2.12. The maximum absolute atomic E-state index is 12.1. The molecular formula is C20H23N3O3. The lowest BCUT2D eigenvalue weighted by atomic mass is 10.1. The maximum atomic E-state index is 12.1. The molecule has 26 heavy (non-hydrogen) atoms. The van der Waals surface area contributed by atoms with Gasteiger partial charge in [-0.3, -0.25) is 4.79 Å². The number of carbonyl (C=O) groups is 1. The van der Waals surface area contributed by atoms with Gasteiger partial charge in [-0.2, -0.15) is 5.10 Å². The minimum Gasteiger partial charge on any atom is -0.507 e. The number of carbonyl (C=O) groups excluding carboxylic acids is 1. The van der Waals surface area contributed by atoms with Crippen molar-refractivity contribution in [2.24, 2.45) is 5.10 Å². The second kappa shape index (κ2) is 9.27. The highest BCUT2D eigenvalue weighted by atomic mass is 16.5. The summed E-state index contributed by atoms with van der Waals surface area (Å²) < 4.78 is 5.10. The zero-order chi connectivity index (χ0) is 18.9. The summed E-state index contributed by atoms with van der Waals surface area (Å²) in [6, 6.07) is 12.1. The number of anilines is 1. The number of amides is 1. The van der Waals surface area contributed by atoms with Crippen molar-refractivity contribution < 1.29 is 14.6 Å². The fourth-order valence-electron chi connectivity index (χ4n) is 2.30. The third-order valence-corrected chi connectivity index (χ3v) is 3.76. The van der Waals surface area contributed by atoms with Crippen molar-refractivity contribution in [3.05, 3.63) is 66.2 Å². The van der Waals surface area contributed by atoms with Crippen LogP contribution in [0.4, 0.5) is 5.69 Å². The van der Waals surface area contributed by atoms with Gasteiger partial charge in [-0.05, 0) is 49.2 Å². The van der Waals surface area contributed by atoms with Crippen molar-refractivity contribution in [3.8, 4) is 11.5 Å². The van der Waals surface area contributed by atoms with E-state index in [0.717, 1.165) is 17.0 Å². The first kappa shape index (κ1) is 19.1. The van der Waals surface area contributed by atoms with Gasteiger partial charge in [0.1, 0.15) is 17.5 Å². The normalized spacial score (nSPS) is 11.8. The molecule has 0 aliphatic carbocycles. The van der Waals surface area contributed by atoms with Crippen molar-refractivity contribution >= 4 is 17.8 Å². The Morgan fingerprint density at radius 2 is 2.04 bits per heavy atom. The number of ether oxygens (including phenoxy) is 1. The molecular weight excluding hydrogens is 330 g/mol. The van der Waals surface area contributed by atoms with Gasteiger partial charge in [-0.15, -0.1) is 6.58 Å². The molecule has 1 amide bonds. The molecule has 0 spiro atoms. The SMILES string of the molecule is C=CCc1cccc(C=NNC(=O)C(C)Nc2ccc(OC)cc2)c1O. The fraction of sp³-hybridized carbons (Fsp3) is 0.200. The minimum atomic E-state index is -0.485. The smallest absolute Gasteiger partial charge is 0.262 e. The van der Waals surface area contributed by atoms with Crippen LogP contribution in [0.25, 0.3) is 0 Å². The van der Waals surface area contributed by atoms with Crippen molar-refractivity contribution in [2.75, 3.05) is 12.4 Å². The lowest BCUT2D eigenvalue weighted by Crippen LogP contribution is -2.34. The predicted molar refractivity (Wildman–Crippen MR) is 104 cm³/mol. The summed E-state index contributed by atoms with van der Waals surface area (Å²) in [6.45, 7) is 5.39. The monoisotopic (exact) mass is 353 g/mol. The Balaban J connectivity index is 1.93. The van der Waals surface area contributed by atoms with E-state index >= 15 is 0 Å². The number of methoxy groups -OCH3 is 1. The number of para-hydroxylation sites is 1. The summed E-state index contributed by atoms with van der Waals surface area (Å²) in [5.74, 6) is 0.587. The van der Waals surface area contributed by atoms with Crippen LogP contribution in [-0.4, -0.2) is 30.4 Å². The third kappa shape index (κ3) is 5.11. The van der Waals surface area contributed by atoms with Crippen LogP contribution in [-0.2, 0) is 11.2 Å². The number of nitrogens with one attached hydrogen (secondary N) is 2. The summed E-state index contributed by atoms with van der Waals surface area (Å²) in [7, 11) is 1.60. The Morgan fingerprint density at radius 3 is 2.69 bits per heavy atom.